The maximum Gasteiger partial charge on any atom is 0.451 e. The number of hydrazine groups is 1. The molecule has 1 heterocycles. The molecule has 0 saturated heterocycles. The molecule has 0 aliphatic rings. The molecular formula is C6H7F3N4S. The van der Waals surface area contributed by atoms with E-state index in [2.05, 4.69) is 9.97 Å². The minimum absolute atomic E-state index is 0.0586. The maximum atomic E-state index is 12.2. The lowest BCUT2D eigenvalue weighted by atomic mass is 10.5. The summed E-state index contributed by atoms with van der Waals surface area (Å²) in [5, 5.41) is 0.209. The molecule has 1 aromatic heterocycles. The fraction of sp³-hybridized carbons (Fsp3) is 0.333. The molecule has 0 aromatic carbocycles. The lowest BCUT2D eigenvalue weighted by Gasteiger charge is -2.08. The molecule has 3 N–H and O–H groups in total. The van der Waals surface area contributed by atoms with Gasteiger partial charge >= 0.3 is 6.18 Å². The summed E-state index contributed by atoms with van der Waals surface area (Å²) >= 11 is 1.08. The molecule has 1 rings (SSSR count). The van der Waals surface area contributed by atoms with E-state index in [-0.39, 0.29) is 10.8 Å². The number of hydrogen-bond donors (Lipinski definition) is 2. The standard InChI is InChI=1S/C6H7F3N4S/c1-14-4-2-3(13-10)11-5(12-4)6(7,8)9/h2H,10H2,1H3,(H,11,12,13). The van der Waals surface area contributed by atoms with E-state index in [1.807, 2.05) is 5.43 Å². The van der Waals surface area contributed by atoms with Gasteiger partial charge in [-0.15, -0.1) is 11.8 Å². The molecule has 14 heavy (non-hydrogen) atoms. The van der Waals surface area contributed by atoms with Crippen LogP contribution in [0.4, 0.5) is 19.0 Å². The summed E-state index contributed by atoms with van der Waals surface area (Å²) in [6, 6.07) is 1.33. The average Bonchev–Trinajstić information content (AvgIpc) is 2.15. The van der Waals surface area contributed by atoms with Gasteiger partial charge in [-0.05, 0) is 6.26 Å². The van der Waals surface area contributed by atoms with Crippen LogP contribution in [-0.2, 0) is 6.18 Å². The number of nitrogens with one attached hydrogen (secondary N) is 1. The van der Waals surface area contributed by atoms with E-state index >= 15 is 0 Å². The fourth-order valence-electron chi connectivity index (χ4n) is 0.730. The largest absolute Gasteiger partial charge is 0.451 e. The Hall–Kier alpha value is -1.02. The summed E-state index contributed by atoms with van der Waals surface area (Å²) in [5.74, 6) is 3.71. The Kier molecular flexibility index (Phi) is 3.17. The van der Waals surface area contributed by atoms with E-state index in [1.54, 1.807) is 6.26 Å². The van der Waals surface area contributed by atoms with Crippen LogP contribution in [0.15, 0.2) is 11.1 Å². The van der Waals surface area contributed by atoms with E-state index < -0.39 is 12.0 Å². The van der Waals surface area contributed by atoms with Gasteiger partial charge in [0.25, 0.3) is 0 Å². The van der Waals surface area contributed by atoms with Gasteiger partial charge in [0.2, 0.25) is 5.82 Å². The first-order chi connectivity index (χ1) is 6.47. The third kappa shape index (κ3) is 2.48. The van der Waals surface area contributed by atoms with E-state index in [1.165, 1.54) is 6.07 Å². The van der Waals surface area contributed by atoms with Crippen LogP contribution < -0.4 is 11.3 Å². The predicted molar refractivity (Wildman–Crippen MR) is 46.6 cm³/mol. The van der Waals surface area contributed by atoms with Gasteiger partial charge in [-0.2, -0.15) is 13.2 Å². The van der Waals surface area contributed by atoms with Crippen LogP contribution >= 0.6 is 11.8 Å². The van der Waals surface area contributed by atoms with Gasteiger partial charge in [-0.1, -0.05) is 0 Å². The van der Waals surface area contributed by atoms with E-state index in [0.717, 1.165) is 11.8 Å². The quantitative estimate of drug-likeness (QED) is 0.345. The molecule has 0 radical (unpaired) electrons. The first-order valence-electron chi connectivity index (χ1n) is 3.44. The second-order valence-corrected chi connectivity index (χ2v) is 3.09. The Bertz CT molecular complexity index is 305. The molecule has 0 aliphatic heterocycles. The Balaban J connectivity index is 3.17. The number of rotatable bonds is 2. The van der Waals surface area contributed by atoms with Crippen LogP contribution in [0, 0.1) is 0 Å². The van der Waals surface area contributed by atoms with Gasteiger partial charge in [0.1, 0.15) is 10.8 Å². The van der Waals surface area contributed by atoms with Gasteiger partial charge in [0.15, 0.2) is 0 Å². The zero-order valence-corrected chi connectivity index (χ0v) is 7.91. The number of nitrogen functional groups attached to an aromatic ring is 1. The molecule has 0 unspecified atom stereocenters. The topological polar surface area (TPSA) is 63.8 Å². The molecular weight excluding hydrogens is 217 g/mol. The summed E-state index contributed by atoms with van der Waals surface area (Å²) in [5.41, 5.74) is 2.05. The van der Waals surface area contributed by atoms with Crippen LogP contribution in [-0.4, -0.2) is 16.2 Å². The number of halogens is 3. The zero-order chi connectivity index (χ0) is 10.8. The highest BCUT2D eigenvalue weighted by molar-refractivity contribution is 7.98. The van der Waals surface area contributed by atoms with Crippen LogP contribution in [0.3, 0.4) is 0 Å². The summed E-state index contributed by atoms with van der Waals surface area (Å²) in [4.78, 5) is 6.49. The maximum absolute atomic E-state index is 12.2. The lowest BCUT2D eigenvalue weighted by Crippen LogP contribution is -2.16. The summed E-state index contributed by atoms with van der Waals surface area (Å²) < 4.78 is 36.7. The molecule has 0 aliphatic carbocycles. The van der Waals surface area contributed by atoms with Crippen LogP contribution in [0.1, 0.15) is 5.82 Å². The van der Waals surface area contributed by atoms with E-state index in [0.29, 0.717) is 0 Å². The molecule has 0 atom stereocenters. The summed E-state index contributed by atoms with van der Waals surface area (Å²) in [7, 11) is 0. The van der Waals surface area contributed by atoms with Crippen molar-refractivity contribution in [2.24, 2.45) is 5.84 Å². The van der Waals surface area contributed by atoms with Crippen molar-refractivity contribution in [1.82, 2.24) is 9.97 Å². The van der Waals surface area contributed by atoms with Gasteiger partial charge in [0, 0.05) is 6.07 Å². The monoisotopic (exact) mass is 224 g/mol. The van der Waals surface area contributed by atoms with E-state index in [9.17, 15) is 13.2 Å². The van der Waals surface area contributed by atoms with E-state index in [4.69, 9.17) is 5.84 Å². The van der Waals surface area contributed by atoms with Crippen molar-refractivity contribution in [2.45, 2.75) is 11.2 Å². The molecule has 0 spiro atoms. The molecule has 8 heteroatoms. The zero-order valence-electron chi connectivity index (χ0n) is 7.09. The second kappa shape index (κ2) is 4.01. The Labute approximate surface area is 82.1 Å². The Morgan fingerprint density at radius 1 is 1.43 bits per heavy atom. The van der Waals surface area contributed by atoms with Crippen molar-refractivity contribution < 1.29 is 13.2 Å². The predicted octanol–water partition coefficient (Wildman–Crippen LogP) is 1.50. The third-order valence-corrected chi connectivity index (χ3v) is 1.94. The van der Waals surface area contributed by atoms with Crippen molar-refractivity contribution in [2.75, 3.05) is 11.7 Å². The number of thioether (sulfide) groups is 1. The average molecular weight is 224 g/mol. The third-order valence-electron chi connectivity index (χ3n) is 1.31. The number of nitrogens with zero attached hydrogens (tertiary/aromatic N) is 2. The van der Waals surface area contributed by atoms with Crippen molar-refractivity contribution in [1.29, 1.82) is 0 Å². The molecule has 0 fully saturated rings. The highest BCUT2D eigenvalue weighted by atomic mass is 32.2. The highest BCUT2D eigenvalue weighted by Crippen LogP contribution is 2.28. The molecule has 1 aromatic rings. The Morgan fingerprint density at radius 3 is 2.50 bits per heavy atom. The first-order valence-corrected chi connectivity index (χ1v) is 4.66. The summed E-state index contributed by atoms with van der Waals surface area (Å²) in [6.07, 6.45) is -2.94. The second-order valence-electron chi connectivity index (χ2n) is 2.26. The number of aromatic nitrogens is 2. The SMILES string of the molecule is CSc1cc(NN)nc(C(F)(F)F)n1. The molecule has 0 saturated carbocycles. The van der Waals surface area contributed by atoms with Gasteiger partial charge < -0.3 is 5.43 Å². The minimum Gasteiger partial charge on any atom is -0.308 e. The van der Waals surface area contributed by atoms with Gasteiger partial charge in [-0.25, -0.2) is 15.8 Å². The van der Waals surface area contributed by atoms with Crippen molar-refractivity contribution in [3.05, 3.63) is 11.9 Å². The lowest BCUT2D eigenvalue weighted by molar-refractivity contribution is -0.145. The first kappa shape index (κ1) is 11.1. The van der Waals surface area contributed by atoms with Crippen LogP contribution in [0.5, 0.6) is 0 Å². The van der Waals surface area contributed by atoms with Crippen molar-refractivity contribution in [3.8, 4) is 0 Å². The van der Waals surface area contributed by atoms with Crippen molar-refractivity contribution in [3.63, 3.8) is 0 Å². The number of alkyl halides is 3. The highest BCUT2D eigenvalue weighted by Gasteiger charge is 2.35. The molecule has 78 valence electrons. The smallest absolute Gasteiger partial charge is 0.308 e. The molecule has 4 nitrogen and oxygen atoms in total. The van der Waals surface area contributed by atoms with Gasteiger partial charge in [-0.3, -0.25) is 0 Å². The number of nitrogens with two attached hydrogens (primary N) is 1. The van der Waals surface area contributed by atoms with Gasteiger partial charge in [0.05, 0.1) is 0 Å². The molecule has 0 amide bonds. The van der Waals surface area contributed by atoms with Crippen molar-refractivity contribution >= 4 is 17.6 Å². The minimum atomic E-state index is -4.56. The van der Waals surface area contributed by atoms with Crippen LogP contribution in [0.2, 0.25) is 0 Å². The summed E-state index contributed by atoms with van der Waals surface area (Å²) in [6.45, 7) is 0. The van der Waals surface area contributed by atoms with Crippen LogP contribution in [0.25, 0.3) is 0 Å². The Morgan fingerprint density at radius 2 is 2.07 bits per heavy atom. The normalized spacial score (nSPS) is 11.5. The fourth-order valence-corrected chi connectivity index (χ4v) is 1.14. The number of anilines is 1. The molecule has 0 bridgehead atoms. The number of hydrogen-bond acceptors (Lipinski definition) is 5.